The minimum absolute atomic E-state index is 0.0601. The Bertz CT molecular complexity index is 926. The first-order chi connectivity index (χ1) is 13.2. The van der Waals surface area contributed by atoms with Crippen LogP contribution in [0.2, 0.25) is 0 Å². The molecule has 0 aliphatic rings. The van der Waals surface area contributed by atoms with Gasteiger partial charge in [-0.05, 0) is 11.1 Å². The Kier molecular flexibility index (Phi) is 5.79. The van der Waals surface area contributed by atoms with Crippen LogP contribution in [0.1, 0.15) is 21.5 Å². The molecule has 6 heteroatoms. The second-order valence-corrected chi connectivity index (χ2v) is 5.78. The van der Waals surface area contributed by atoms with Crippen LogP contribution in [0, 0.1) is 10.1 Å². The van der Waals surface area contributed by atoms with Crippen molar-refractivity contribution in [1.29, 1.82) is 0 Å². The number of ether oxygens (including phenoxy) is 2. The fourth-order valence-corrected chi connectivity index (χ4v) is 2.51. The van der Waals surface area contributed by atoms with Gasteiger partial charge in [0.1, 0.15) is 13.2 Å². The lowest BCUT2D eigenvalue weighted by molar-refractivity contribution is -0.385. The Morgan fingerprint density at radius 1 is 0.815 bits per heavy atom. The van der Waals surface area contributed by atoms with Crippen LogP contribution in [0.4, 0.5) is 5.69 Å². The molecule has 0 N–H and O–H groups in total. The molecule has 0 radical (unpaired) electrons. The molecule has 27 heavy (non-hydrogen) atoms. The third-order valence-electron chi connectivity index (χ3n) is 3.89. The lowest BCUT2D eigenvalue weighted by Gasteiger charge is -2.14. The first-order valence-electron chi connectivity index (χ1n) is 8.28. The van der Waals surface area contributed by atoms with E-state index in [2.05, 4.69) is 0 Å². The van der Waals surface area contributed by atoms with Crippen LogP contribution < -0.4 is 9.47 Å². The van der Waals surface area contributed by atoms with Crippen molar-refractivity contribution in [2.75, 3.05) is 0 Å². The Labute approximate surface area is 156 Å². The molecule has 3 aromatic rings. The number of benzene rings is 3. The van der Waals surface area contributed by atoms with Crippen LogP contribution in [-0.2, 0) is 13.2 Å². The normalized spacial score (nSPS) is 10.2. The molecule has 0 bridgehead atoms. The van der Waals surface area contributed by atoms with Gasteiger partial charge in [-0.2, -0.15) is 0 Å². The van der Waals surface area contributed by atoms with Gasteiger partial charge in [-0.15, -0.1) is 0 Å². The molecule has 0 spiro atoms. The maximum absolute atomic E-state index is 11.2. The number of aldehydes is 1. The topological polar surface area (TPSA) is 78.7 Å². The van der Waals surface area contributed by atoms with Gasteiger partial charge in [-0.1, -0.05) is 60.7 Å². The van der Waals surface area contributed by atoms with E-state index in [9.17, 15) is 14.9 Å². The summed E-state index contributed by atoms with van der Waals surface area (Å²) in [6.07, 6.45) is 0.439. The standard InChI is InChI=1S/C21H17NO5/c23-13-18-11-20(26-14-16-7-3-1-4-8-16)21(12-19(18)22(24)25)27-15-17-9-5-2-6-10-17/h1-13H,14-15H2. The average molecular weight is 363 g/mol. The van der Waals surface area contributed by atoms with E-state index < -0.39 is 4.92 Å². The second kappa shape index (κ2) is 8.62. The van der Waals surface area contributed by atoms with Crippen LogP contribution in [0.25, 0.3) is 0 Å². The molecule has 0 heterocycles. The van der Waals surface area contributed by atoms with Crippen LogP contribution in [0.5, 0.6) is 11.5 Å². The number of nitrogens with zero attached hydrogens (tertiary/aromatic N) is 1. The van der Waals surface area contributed by atoms with Crippen LogP contribution >= 0.6 is 0 Å². The van der Waals surface area contributed by atoms with Gasteiger partial charge in [0.05, 0.1) is 16.6 Å². The Morgan fingerprint density at radius 2 is 1.30 bits per heavy atom. The van der Waals surface area contributed by atoms with Gasteiger partial charge in [-0.3, -0.25) is 14.9 Å². The zero-order valence-electron chi connectivity index (χ0n) is 14.4. The zero-order valence-corrected chi connectivity index (χ0v) is 14.4. The van der Waals surface area contributed by atoms with Crippen molar-refractivity contribution in [3.8, 4) is 11.5 Å². The number of nitro benzene ring substituents is 1. The summed E-state index contributed by atoms with van der Waals surface area (Å²) in [6.45, 7) is 0.471. The highest BCUT2D eigenvalue weighted by molar-refractivity contribution is 5.83. The Morgan fingerprint density at radius 3 is 1.74 bits per heavy atom. The van der Waals surface area contributed by atoms with Crippen molar-refractivity contribution in [2.45, 2.75) is 13.2 Å². The van der Waals surface area contributed by atoms with Gasteiger partial charge in [0, 0.05) is 6.07 Å². The molecule has 0 saturated heterocycles. The van der Waals surface area contributed by atoms with E-state index in [0.717, 1.165) is 11.1 Å². The van der Waals surface area contributed by atoms with Crippen LogP contribution in [-0.4, -0.2) is 11.2 Å². The molecule has 0 unspecified atom stereocenters. The molecule has 0 amide bonds. The van der Waals surface area contributed by atoms with Gasteiger partial charge in [0.2, 0.25) is 0 Å². The quantitative estimate of drug-likeness (QED) is 0.333. The van der Waals surface area contributed by atoms with Crippen molar-refractivity contribution < 1.29 is 19.2 Å². The number of nitro groups is 1. The van der Waals surface area contributed by atoms with E-state index in [1.54, 1.807) is 0 Å². The van der Waals surface area contributed by atoms with Crippen LogP contribution in [0.3, 0.4) is 0 Å². The second-order valence-electron chi connectivity index (χ2n) is 5.78. The predicted molar refractivity (Wildman–Crippen MR) is 100 cm³/mol. The van der Waals surface area contributed by atoms with E-state index >= 15 is 0 Å². The summed E-state index contributed by atoms with van der Waals surface area (Å²) in [5.74, 6) is 0.495. The number of carbonyl (C=O) groups is 1. The van der Waals surface area contributed by atoms with Gasteiger partial charge < -0.3 is 9.47 Å². The van der Waals surface area contributed by atoms with Gasteiger partial charge in [0.25, 0.3) is 5.69 Å². The molecule has 3 aromatic carbocycles. The number of rotatable bonds is 8. The van der Waals surface area contributed by atoms with E-state index in [0.29, 0.717) is 6.29 Å². The number of hydrogen-bond acceptors (Lipinski definition) is 5. The number of carbonyl (C=O) groups excluding carboxylic acids is 1. The van der Waals surface area contributed by atoms with Crippen molar-refractivity contribution >= 4 is 12.0 Å². The van der Waals surface area contributed by atoms with Crippen molar-refractivity contribution in [1.82, 2.24) is 0 Å². The molecular weight excluding hydrogens is 346 g/mol. The molecule has 6 nitrogen and oxygen atoms in total. The minimum atomic E-state index is -0.611. The van der Waals surface area contributed by atoms with Crippen molar-refractivity contribution in [2.24, 2.45) is 0 Å². The van der Waals surface area contributed by atoms with Crippen LogP contribution in [0.15, 0.2) is 72.8 Å². The van der Waals surface area contributed by atoms with E-state index in [1.165, 1.54) is 12.1 Å². The Balaban J connectivity index is 1.88. The van der Waals surface area contributed by atoms with E-state index in [-0.39, 0.29) is 36.0 Å². The highest BCUT2D eigenvalue weighted by Gasteiger charge is 2.20. The molecule has 136 valence electrons. The highest BCUT2D eigenvalue weighted by Crippen LogP contribution is 2.35. The third kappa shape index (κ3) is 4.70. The molecule has 0 saturated carbocycles. The third-order valence-corrected chi connectivity index (χ3v) is 3.89. The summed E-state index contributed by atoms with van der Waals surface area (Å²) < 4.78 is 11.5. The molecule has 0 aromatic heterocycles. The summed E-state index contributed by atoms with van der Waals surface area (Å²) in [5.41, 5.74) is 1.46. The lowest BCUT2D eigenvalue weighted by Crippen LogP contribution is -2.03. The molecule has 0 aliphatic heterocycles. The SMILES string of the molecule is O=Cc1cc(OCc2ccccc2)c(OCc2ccccc2)cc1[N+](=O)[O-]. The summed E-state index contributed by atoms with van der Waals surface area (Å²) in [5, 5.41) is 11.2. The predicted octanol–water partition coefficient (Wildman–Crippen LogP) is 4.57. The first-order valence-corrected chi connectivity index (χ1v) is 8.28. The van der Waals surface area contributed by atoms with Crippen molar-refractivity contribution in [3.05, 3.63) is 99.6 Å². The largest absolute Gasteiger partial charge is 0.485 e. The monoisotopic (exact) mass is 363 g/mol. The molecule has 3 rings (SSSR count). The van der Waals surface area contributed by atoms with Crippen molar-refractivity contribution in [3.63, 3.8) is 0 Å². The van der Waals surface area contributed by atoms with Gasteiger partial charge in [0.15, 0.2) is 17.8 Å². The lowest BCUT2D eigenvalue weighted by atomic mass is 10.1. The van der Waals surface area contributed by atoms with Gasteiger partial charge in [-0.25, -0.2) is 0 Å². The summed E-state index contributed by atoms with van der Waals surface area (Å²) in [4.78, 5) is 21.9. The fourth-order valence-electron chi connectivity index (χ4n) is 2.51. The van der Waals surface area contributed by atoms with E-state index in [1.807, 2.05) is 60.7 Å². The summed E-state index contributed by atoms with van der Waals surface area (Å²) in [6, 6.07) is 21.5. The fraction of sp³-hybridized carbons (Fsp3) is 0.0952. The van der Waals surface area contributed by atoms with E-state index in [4.69, 9.17) is 9.47 Å². The Hall–Kier alpha value is -3.67. The highest BCUT2D eigenvalue weighted by atomic mass is 16.6. The molecule has 0 atom stereocenters. The molecule has 0 aliphatic carbocycles. The minimum Gasteiger partial charge on any atom is -0.485 e. The van der Waals surface area contributed by atoms with Gasteiger partial charge >= 0.3 is 0 Å². The summed E-state index contributed by atoms with van der Waals surface area (Å²) >= 11 is 0. The zero-order chi connectivity index (χ0) is 19.1. The first kappa shape index (κ1) is 18.1. The maximum atomic E-state index is 11.2. The maximum Gasteiger partial charge on any atom is 0.283 e. The smallest absolute Gasteiger partial charge is 0.283 e. The summed E-state index contributed by atoms with van der Waals surface area (Å²) in [7, 11) is 0. The molecular formula is C21H17NO5. The molecule has 0 fully saturated rings. The number of hydrogen-bond donors (Lipinski definition) is 0. The average Bonchev–Trinajstić information content (AvgIpc) is 2.72.